The number of benzene rings is 2. The van der Waals surface area contributed by atoms with E-state index in [1.54, 1.807) is 12.1 Å². The van der Waals surface area contributed by atoms with Gasteiger partial charge in [0.2, 0.25) is 0 Å². The molecule has 0 unspecified atom stereocenters. The number of phenols is 1. The third-order valence-corrected chi connectivity index (χ3v) is 4.95. The molecule has 0 aliphatic carbocycles. The molecule has 0 aromatic heterocycles. The Morgan fingerprint density at radius 1 is 1.00 bits per heavy atom. The maximum absolute atomic E-state index is 9.38. The number of hydrogen-bond acceptors (Lipinski definition) is 3. The topological polar surface area (TPSA) is 38.7 Å². The zero-order chi connectivity index (χ0) is 17.5. The average Bonchev–Trinajstić information content (AvgIpc) is 2.58. The Bertz CT molecular complexity index is 706. The first-order valence-electron chi connectivity index (χ1n) is 8.49. The Kier molecular flexibility index (Phi) is 6.50. The van der Waals surface area contributed by atoms with Gasteiger partial charge in [0.25, 0.3) is 0 Å². The summed E-state index contributed by atoms with van der Waals surface area (Å²) in [5, 5.41) is 10.6. The Hall–Kier alpha value is -2.20. The van der Waals surface area contributed by atoms with Crippen LogP contribution in [0.4, 0.5) is 0 Å². The second kappa shape index (κ2) is 8.59. The lowest BCUT2D eigenvalue weighted by molar-refractivity contribution is 0.318. The molecule has 0 saturated heterocycles. The van der Waals surface area contributed by atoms with Crippen molar-refractivity contribution in [3.63, 3.8) is 0 Å². The molecule has 0 bridgehead atoms. The molecule has 3 nitrogen and oxygen atoms in total. The van der Waals surface area contributed by atoms with Crippen molar-refractivity contribution in [2.24, 2.45) is 0 Å². The number of phenolic OH excluding ortho intramolecular Hbond substituents is 1. The van der Waals surface area contributed by atoms with Gasteiger partial charge >= 0.3 is 0 Å². The molecule has 0 saturated carbocycles. The molecular formula is C20H26O3Si. The monoisotopic (exact) mass is 342 g/mol. The molecule has 0 aliphatic heterocycles. The van der Waals surface area contributed by atoms with Crippen LogP contribution in [0.1, 0.15) is 37.5 Å². The molecule has 0 heterocycles. The molecule has 4 heteroatoms. The second-order valence-electron chi connectivity index (χ2n) is 5.54. The molecule has 0 spiro atoms. The Labute approximate surface area is 147 Å². The van der Waals surface area contributed by atoms with Gasteiger partial charge in [0.1, 0.15) is 17.2 Å². The van der Waals surface area contributed by atoms with Crippen LogP contribution in [0.15, 0.2) is 30.3 Å². The lowest BCUT2D eigenvalue weighted by Crippen LogP contribution is -2.16. The molecule has 1 N–H and O–H groups in total. The fourth-order valence-electron chi connectivity index (χ4n) is 2.71. The standard InChI is InChI=1S/C20H26O3Si/c1-4-17-18(22-5-2)13-15(20(24)19(17)23-6-3)10-7-14-8-11-16(21)12-9-14/h7-13,21H,4-6H2,1-3,24H3. The normalized spacial score (nSPS) is 11.1. The quantitative estimate of drug-likeness (QED) is 0.621. The second-order valence-corrected chi connectivity index (χ2v) is 6.54. The molecule has 2 aromatic carbocycles. The van der Waals surface area contributed by atoms with E-state index in [1.807, 2.05) is 32.1 Å². The number of aromatic hydroxyl groups is 1. The molecule has 0 radical (unpaired) electrons. The minimum absolute atomic E-state index is 0.278. The number of rotatable bonds is 7. The van der Waals surface area contributed by atoms with E-state index in [0.717, 1.165) is 44.9 Å². The van der Waals surface area contributed by atoms with Gasteiger partial charge in [-0.3, -0.25) is 0 Å². The molecule has 2 aromatic rings. The van der Waals surface area contributed by atoms with Crippen molar-refractivity contribution in [1.82, 2.24) is 0 Å². The molecule has 128 valence electrons. The smallest absolute Gasteiger partial charge is 0.126 e. The average molecular weight is 343 g/mol. The lowest BCUT2D eigenvalue weighted by Gasteiger charge is -2.19. The third-order valence-electron chi connectivity index (χ3n) is 3.92. The van der Waals surface area contributed by atoms with E-state index in [1.165, 1.54) is 5.19 Å². The summed E-state index contributed by atoms with van der Waals surface area (Å²) in [6.45, 7) is 7.44. The van der Waals surface area contributed by atoms with Crippen LogP contribution in [0.5, 0.6) is 17.2 Å². The van der Waals surface area contributed by atoms with Gasteiger partial charge in [-0.2, -0.15) is 0 Å². The maximum atomic E-state index is 9.38. The highest BCUT2D eigenvalue weighted by molar-refractivity contribution is 6.36. The van der Waals surface area contributed by atoms with Crippen LogP contribution in [-0.4, -0.2) is 28.6 Å². The van der Waals surface area contributed by atoms with Gasteiger partial charge in [0.15, 0.2) is 0 Å². The van der Waals surface area contributed by atoms with Crippen LogP contribution < -0.4 is 14.7 Å². The first kappa shape index (κ1) is 18.1. The molecule has 0 atom stereocenters. The lowest BCUT2D eigenvalue weighted by atomic mass is 10.0. The van der Waals surface area contributed by atoms with Crippen LogP contribution >= 0.6 is 0 Å². The highest BCUT2D eigenvalue weighted by Crippen LogP contribution is 2.30. The third kappa shape index (κ3) is 4.20. The van der Waals surface area contributed by atoms with Crippen molar-refractivity contribution in [3.8, 4) is 17.2 Å². The van der Waals surface area contributed by atoms with Crippen molar-refractivity contribution < 1.29 is 14.6 Å². The number of ether oxygens (including phenoxy) is 2. The zero-order valence-electron chi connectivity index (χ0n) is 14.9. The van der Waals surface area contributed by atoms with Crippen LogP contribution in [0.2, 0.25) is 0 Å². The number of hydrogen-bond donors (Lipinski definition) is 1. The van der Waals surface area contributed by atoms with E-state index >= 15 is 0 Å². The van der Waals surface area contributed by atoms with Crippen LogP contribution in [0.3, 0.4) is 0 Å². The van der Waals surface area contributed by atoms with E-state index in [9.17, 15) is 5.11 Å². The summed E-state index contributed by atoms with van der Waals surface area (Å²) in [4.78, 5) is 0. The zero-order valence-corrected chi connectivity index (χ0v) is 16.9. The predicted octanol–water partition coefficient (Wildman–Crippen LogP) is 2.91. The maximum Gasteiger partial charge on any atom is 0.126 e. The van der Waals surface area contributed by atoms with Gasteiger partial charge in [0, 0.05) is 15.8 Å². The molecule has 24 heavy (non-hydrogen) atoms. The Morgan fingerprint density at radius 3 is 2.25 bits per heavy atom. The minimum Gasteiger partial charge on any atom is -0.508 e. The van der Waals surface area contributed by atoms with Gasteiger partial charge in [-0.25, -0.2) is 0 Å². The molecule has 0 amide bonds. The van der Waals surface area contributed by atoms with E-state index < -0.39 is 0 Å². The van der Waals surface area contributed by atoms with Crippen LogP contribution in [-0.2, 0) is 6.42 Å². The predicted molar refractivity (Wildman–Crippen MR) is 105 cm³/mol. The molecular weight excluding hydrogens is 316 g/mol. The van der Waals surface area contributed by atoms with Gasteiger partial charge < -0.3 is 14.6 Å². The van der Waals surface area contributed by atoms with Gasteiger partial charge in [0.05, 0.1) is 13.2 Å². The molecule has 2 rings (SSSR count). The van der Waals surface area contributed by atoms with Gasteiger partial charge in [-0.1, -0.05) is 31.2 Å². The Morgan fingerprint density at radius 2 is 1.67 bits per heavy atom. The summed E-state index contributed by atoms with van der Waals surface area (Å²) in [6, 6.07) is 9.29. The summed E-state index contributed by atoms with van der Waals surface area (Å²) < 4.78 is 11.8. The largest absolute Gasteiger partial charge is 0.508 e. The molecule has 0 fully saturated rings. The van der Waals surface area contributed by atoms with E-state index in [-0.39, 0.29) is 5.75 Å². The minimum atomic E-state index is 0.278. The molecule has 0 aliphatic rings. The fourth-order valence-corrected chi connectivity index (χ4v) is 3.47. The van der Waals surface area contributed by atoms with Crippen molar-refractivity contribution in [1.29, 1.82) is 0 Å². The summed E-state index contributed by atoms with van der Waals surface area (Å²) in [6.07, 6.45) is 5.04. The van der Waals surface area contributed by atoms with Crippen molar-refractivity contribution in [2.75, 3.05) is 13.2 Å². The highest BCUT2D eigenvalue weighted by atomic mass is 28.1. The van der Waals surface area contributed by atoms with Gasteiger partial charge in [-0.05, 0) is 54.8 Å². The highest BCUT2D eigenvalue weighted by Gasteiger charge is 2.15. The summed E-state index contributed by atoms with van der Waals surface area (Å²) in [5.74, 6) is 2.18. The fraction of sp³-hybridized carbons (Fsp3) is 0.300. The van der Waals surface area contributed by atoms with Crippen LogP contribution in [0, 0.1) is 0 Å². The van der Waals surface area contributed by atoms with Crippen LogP contribution in [0.25, 0.3) is 12.2 Å². The van der Waals surface area contributed by atoms with Crippen molar-refractivity contribution in [3.05, 3.63) is 47.0 Å². The van der Waals surface area contributed by atoms with Crippen molar-refractivity contribution in [2.45, 2.75) is 27.2 Å². The first-order chi connectivity index (χ1) is 11.6. The van der Waals surface area contributed by atoms with E-state index in [4.69, 9.17) is 9.47 Å². The van der Waals surface area contributed by atoms with Crippen molar-refractivity contribution >= 4 is 27.6 Å². The first-order valence-corrected chi connectivity index (χ1v) is 9.49. The summed E-state index contributed by atoms with van der Waals surface area (Å²) in [5.41, 5.74) is 3.34. The van der Waals surface area contributed by atoms with Gasteiger partial charge in [-0.15, -0.1) is 0 Å². The van der Waals surface area contributed by atoms with E-state index in [2.05, 4.69) is 19.1 Å². The SMILES string of the molecule is CCOc1cc(C=Cc2ccc(O)cc2)c([SiH3])c(OCC)c1CC. The summed E-state index contributed by atoms with van der Waals surface area (Å²) in [7, 11) is 0.900. The Balaban J connectivity index is 2.46. The van der Waals surface area contributed by atoms with E-state index in [0.29, 0.717) is 13.2 Å². The summed E-state index contributed by atoms with van der Waals surface area (Å²) >= 11 is 0.